The molecule has 1 aliphatic rings. The van der Waals surface area contributed by atoms with Crippen LogP contribution in [0.4, 0.5) is 0 Å². The summed E-state index contributed by atoms with van der Waals surface area (Å²) in [6.45, 7) is 2.61. The number of hydrogen-bond donors (Lipinski definition) is 2. The zero-order chi connectivity index (χ0) is 20.0. The fourth-order valence-electron chi connectivity index (χ4n) is 3.04. The third-order valence-electron chi connectivity index (χ3n) is 4.67. The number of amides is 1. The predicted molar refractivity (Wildman–Crippen MR) is 98.9 cm³/mol. The number of ether oxygens (including phenoxy) is 1. The molecule has 27 heavy (non-hydrogen) atoms. The fourth-order valence-corrected chi connectivity index (χ4v) is 4.51. The molecule has 1 aliphatic heterocycles. The van der Waals surface area contributed by atoms with E-state index in [4.69, 9.17) is 9.84 Å². The van der Waals surface area contributed by atoms with E-state index >= 15 is 0 Å². The molecule has 150 valence electrons. The highest BCUT2D eigenvalue weighted by Gasteiger charge is 2.32. The predicted octanol–water partition coefficient (Wildman–Crippen LogP) is 1.32. The van der Waals surface area contributed by atoms with Gasteiger partial charge in [-0.05, 0) is 43.0 Å². The first-order chi connectivity index (χ1) is 12.7. The van der Waals surface area contributed by atoms with E-state index in [-0.39, 0.29) is 42.1 Å². The second-order valence-electron chi connectivity index (χ2n) is 6.80. The molecule has 1 unspecified atom stereocenters. The van der Waals surface area contributed by atoms with Crippen LogP contribution < -0.4 is 10.1 Å². The number of methoxy groups -OCH3 is 1. The largest absolute Gasteiger partial charge is 0.497 e. The number of nitrogens with zero attached hydrogens (tertiary/aromatic N) is 1. The third-order valence-corrected chi connectivity index (χ3v) is 6.58. The van der Waals surface area contributed by atoms with Gasteiger partial charge in [0, 0.05) is 32.0 Å². The number of sulfonamides is 1. The molecule has 8 nitrogen and oxygen atoms in total. The van der Waals surface area contributed by atoms with Gasteiger partial charge in [-0.2, -0.15) is 4.31 Å². The summed E-state index contributed by atoms with van der Waals surface area (Å²) in [6.07, 6.45) is 0.877. The van der Waals surface area contributed by atoms with Crippen molar-refractivity contribution in [2.45, 2.75) is 31.1 Å². The number of rotatable bonds is 8. The highest BCUT2D eigenvalue weighted by atomic mass is 32.2. The van der Waals surface area contributed by atoms with Crippen molar-refractivity contribution >= 4 is 21.9 Å². The average Bonchev–Trinajstić information content (AvgIpc) is 2.65. The molecule has 1 saturated heterocycles. The number of hydrogen-bond acceptors (Lipinski definition) is 5. The molecular weight excluding hydrogens is 372 g/mol. The maximum atomic E-state index is 12.7. The lowest BCUT2D eigenvalue weighted by Gasteiger charge is -2.30. The summed E-state index contributed by atoms with van der Waals surface area (Å²) in [6, 6.07) is 6.23. The Morgan fingerprint density at radius 3 is 2.37 bits per heavy atom. The Morgan fingerprint density at radius 2 is 1.85 bits per heavy atom. The van der Waals surface area contributed by atoms with Crippen molar-refractivity contribution < 1.29 is 27.9 Å². The van der Waals surface area contributed by atoms with Crippen molar-refractivity contribution in [2.75, 3.05) is 26.7 Å². The van der Waals surface area contributed by atoms with Crippen LogP contribution in [0.5, 0.6) is 5.75 Å². The van der Waals surface area contributed by atoms with E-state index in [0.29, 0.717) is 25.1 Å². The van der Waals surface area contributed by atoms with Gasteiger partial charge in [-0.25, -0.2) is 8.42 Å². The van der Waals surface area contributed by atoms with Gasteiger partial charge in [0.15, 0.2) is 0 Å². The average molecular weight is 398 g/mol. The zero-order valence-electron chi connectivity index (χ0n) is 15.6. The minimum Gasteiger partial charge on any atom is -0.497 e. The quantitative estimate of drug-likeness (QED) is 0.683. The Kier molecular flexibility index (Phi) is 7.20. The van der Waals surface area contributed by atoms with E-state index in [1.165, 1.54) is 23.5 Å². The van der Waals surface area contributed by atoms with Crippen molar-refractivity contribution in [1.29, 1.82) is 0 Å². The summed E-state index contributed by atoms with van der Waals surface area (Å²) in [7, 11) is -2.08. The molecule has 1 atom stereocenters. The van der Waals surface area contributed by atoms with E-state index in [1.54, 1.807) is 19.1 Å². The first-order valence-electron chi connectivity index (χ1n) is 8.87. The van der Waals surface area contributed by atoms with Crippen LogP contribution in [-0.2, 0) is 19.6 Å². The van der Waals surface area contributed by atoms with Crippen LogP contribution >= 0.6 is 0 Å². The van der Waals surface area contributed by atoms with Gasteiger partial charge in [-0.15, -0.1) is 0 Å². The molecule has 1 aromatic carbocycles. The summed E-state index contributed by atoms with van der Waals surface area (Å²) in [5.74, 6) is -0.865. The molecule has 2 N–H and O–H groups in total. The van der Waals surface area contributed by atoms with Crippen molar-refractivity contribution in [3.63, 3.8) is 0 Å². The van der Waals surface area contributed by atoms with E-state index in [9.17, 15) is 18.0 Å². The summed E-state index contributed by atoms with van der Waals surface area (Å²) in [4.78, 5) is 23.1. The molecule has 0 spiro atoms. The first-order valence-corrected chi connectivity index (χ1v) is 10.3. The number of carbonyl (C=O) groups is 2. The Labute approximate surface area is 159 Å². The second kappa shape index (κ2) is 9.18. The lowest BCUT2D eigenvalue weighted by atomic mass is 9.97. The summed E-state index contributed by atoms with van der Waals surface area (Å²) < 4.78 is 31.9. The third kappa shape index (κ3) is 5.67. The molecule has 9 heteroatoms. The van der Waals surface area contributed by atoms with E-state index in [1.807, 2.05) is 0 Å². The van der Waals surface area contributed by atoms with E-state index < -0.39 is 16.0 Å². The Morgan fingerprint density at radius 1 is 1.26 bits per heavy atom. The number of nitrogens with one attached hydrogen (secondary N) is 1. The van der Waals surface area contributed by atoms with Gasteiger partial charge in [0.05, 0.1) is 12.0 Å². The normalized spacial score (nSPS) is 17.3. The maximum absolute atomic E-state index is 12.7. The first kappa shape index (κ1) is 21.2. The summed E-state index contributed by atoms with van der Waals surface area (Å²) in [5, 5.41) is 11.5. The van der Waals surface area contributed by atoms with Gasteiger partial charge in [0.2, 0.25) is 15.9 Å². The molecule has 1 fully saturated rings. The van der Waals surface area contributed by atoms with Crippen molar-refractivity contribution in [3.05, 3.63) is 24.3 Å². The summed E-state index contributed by atoms with van der Waals surface area (Å²) in [5.41, 5.74) is 0. The van der Waals surface area contributed by atoms with Crippen LogP contribution in [0.2, 0.25) is 0 Å². The Hall–Kier alpha value is -2.13. The molecule has 2 rings (SSSR count). The molecule has 0 aromatic heterocycles. The van der Waals surface area contributed by atoms with Crippen LogP contribution in [0.15, 0.2) is 29.2 Å². The fraction of sp³-hybridized carbons (Fsp3) is 0.556. The van der Waals surface area contributed by atoms with Crippen molar-refractivity contribution in [3.8, 4) is 5.75 Å². The summed E-state index contributed by atoms with van der Waals surface area (Å²) >= 11 is 0. The van der Waals surface area contributed by atoms with Crippen LogP contribution in [0.1, 0.15) is 26.2 Å². The Balaban J connectivity index is 1.88. The minimum atomic E-state index is -3.59. The molecule has 1 aromatic rings. The smallest absolute Gasteiger partial charge is 0.303 e. The number of carboxylic acid groups (broad SMARTS) is 1. The van der Waals surface area contributed by atoms with Gasteiger partial charge in [0.25, 0.3) is 0 Å². The molecule has 0 aliphatic carbocycles. The highest BCUT2D eigenvalue weighted by molar-refractivity contribution is 7.89. The second-order valence-corrected chi connectivity index (χ2v) is 8.74. The number of carboxylic acids is 1. The topological polar surface area (TPSA) is 113 Å². The minimum absolute atomic E-state index is 0.00116. The highest BCUT2D eigenvalue weighted by Crippen LogP contribution is 2.25. The van der Waals surface area contributed by atoms with Crippen LogP contribution in [0.3, 0.4) is 0 Å². The molecular formula is C18H26N2O6S. The number of piperidine rings is 1. The Bertz CT molecular complexity index is 755. The van der Waals surface area contributed by atoms with Gasteiger partial charge < -0.3 is 15.2 Å². The SMILES string of the molecule is COc1ccc(S(=O)(=O)N2CCC(C(=O)NCC(C)CC(=O)O)CC2)cc1. The molecule has 0 saturated carbocycles. The van der Waals surface area contributed by atoms with Gasteiger partial charge in [0.1, 0.15) is 5.75 Å². The molecule has 1 amide bonds. The maximum Gasteiger partial charge on any atom is 0.303 e. The van der Waals surface area contributed by atoms with Crippen LogP contribution in [0, 0.1) is 11.8 Å². The van der Waals surface area contributed by atoms with Gasteiger partial charge in [-0.3, -0.25) is 9.59 Å². The van der Waals surface area contributed by atoms with Crippen LogP contribution in [0.25, 0.3) is 0 Å². The lowest BCUT2D eigenvalue weighted by molar-refractivity contribution is -0.138. The van der Waals surface area contributed by atoms with E-state index in [2.05, 4.69) is 5.32 Å². The zero-order valence-corrected chi connectivity index (χ0v) is 16.4. The molecule has 1 heterocycles. The van der Waals surface area contributed by atoms with Crippen molar-refractivity contribution in [2.24, 2.45) is 11.8 Å². The van der Waals surface area contributed by atoms with Gasteiger partial charge >= 0.3 is 5.97 Å². The van der Waals surface area contributed by atoms with Crippen LogP contribution in [-0.4, -0.2) is 56.5 Å². The lowest BCUT2D eigenvalue weighted by Crippen LogP contribution is -2.43. The standard InChI is InChI=1S/C18H26N2O6S/c1-13(11-17(21)22)12-19-18(23)14-7-9-20(10-8-14)27(24,25)16-5-3-15(26-2)4-6-16/h3-6,13-14H,7-12H2,1-2H3,(H,19,23)(H,21,22). The molecule has 0 bridgehead atoms. The van der Waals surface area contributed by atoms with E-state index in [0.717, 1.165) is 0 Å². The van der Waals surface area contributed by atoms with Crippen molar-refractivity contribution in [1.82, 2.24) is 9.62 Å². The molecule has 0 radical (unpaired) electrons. The number of carbonyl (C=O) groups excluding carboxylic acids is 1. The number of benzene rings is 1. The van der Waals surface area contributed by atoms with Gasteiger partial charge in [-0.1, -0.05) is 6.92 Å². The monoisotopic (exact) mass is 398 g/mol. The number of aliphatic carboxylic acids is 1.